The minimum Gasteiger partial charge on any atom is -0.493 e. The van der Waals surface area contributed by atoms with Crippen molar-refractivity contribution in [1.29, 1.82) is 0 Å². The molecule has 31 heavy (non-hydrogen) atoms. The smallest absolute Gasteiger partial charge is 0.241 e. The lowest BCUT2D eigenvalue weighted by molar-refractivity contribution is 0.340. The van der Waals surface area contributed by atoms with Crippen molar-refractivity contribution < 1.29 is 21.6 Å². The summed E-state index contributed by atoms with van der Waals surface area (Å²) in [6.45, 7) is 3.37. The molecule has 0 aliphatic heterocycles. The van der Waals surface area contributed by atoms with E-state index in [4.69, 9.17) is 4.74 Å². The average Bonchev–Trinajstić information content (AvgIpc) is 3.29. The molecule has 1 N–H and O–H groups in total. The maximum absolute atomic E-state index is 12.7. The Kier molecular flexibility index (Phi) is 7.14. The lowest BCUT2D eigenvalue weighted by Crippen LogP contribution is -2.26. The number of hydrogen-bond acceptors (Lipinski definition) is 6. The molecule has 10 heteroatoms. The van der Waals surface area contributed by atoms with Gasteiger partial charge in [-0.2, -0.15) is 0 Å². The highest BCUT2D eigenvalue weighted by Gasteiger charge is 2.18. The molecule has 0 bridgehead atoms. The van der Waals surface area contributed by atoms with Crippen LogP contribution in [0.3, 0.4) is 0 Å². The van der Waals surface area contributed by atoms with Crippen molar-refractivity contribution in [3.05, 3.63) is 72.8 Å². The fourth-order valence-electron chi connectivity index (χ4n) is 2.86. The summed E-state index contributed by atoms with van der Waals surface area (Å²) in [6.07, 6.45) is 5.21. The average molecular weight is 464 g/mol. The molecule has 1 atom stereocenters. The lowest BCUT2D eigenvalue weighted by atomic mass is 10.1. The van der Waals surface area contributed by atoms with Crippen LogP contribution >= 0.6 is 0 Å². The minimum absolute atomic E-state index is 0.0205. The Hall–Kier alpha value is -2.69. The number of ether oxygens (including phenoxy) is 1. The molecule has 0 amide bonds. The Morgan fingerprint density at radius 2 is 1.71 bits per heavy atom. The summed E-state index contributed by atoms with van der Waals surface area (Å²) in [5, 5.41) is 0. The first-order chi connectivity index (χ1) is 14.7. The van der Waals surface area contributed by atoms with Gasteiger partial charge in [-0.1, -0.05) is 19.1 Å². The van der Waals surface area contributed by atoms with E-state index in [0.717, 1.165) is 11.3 Å². The molecule has 2 aromatic carbocycles. The van der Waals surface area contributed by atoms with E-state index in [2.05, 4.69) is 9.71 Å². The van der Waals surface area contributed by atoms with Gasteiger partial charge in [0.25, 0.3) is 0 Å². The van der Waals surface area contributed by atoms with Gasteiger partial charge in [0, 0.05) is 29.9 Å². The summed E-state index contributed by atoms with van der Waals surface area (Å²) in [4.78, 5) is 4.11. The summed E-state index contributed by atoms with van der Waals surface area (Å²) in [6, 6.07) is 13.0. The number of aromatic nitrogens is 2. The van der Waals surface area contributed by atoms with E-state index in [1.807, 2.05) is 35.0 Å². The third kappa shape index (κ3) is 6.16. The van der Waals surface area contributed by atoms with Crippen molar-refractivity contribution in [2.75, 3.05) is 18.1 Å². The fourth-order valence-corrected chi connectivity index (χ4v) is 4.72. The molecule has 0 spiro atoms. The van der Waals surface area contributed by atoms with Gasteiger partial charge >= 0.3 is 0 Å². The van der Waals surface area contributed by atoms with Gasteiger partial charge in [-0.15, -0.1) is 0 Å². The van der Waals surface area contributed by atoms with Crippen LogP contribution in [0.4, 0.5) is 0 Å². The van der Waals surface area contributed by atoms with Crippen LogP contribution in [0.15, 0.2) is 72.1 Å². The van der Waals surface area contributed by atoms with Crippen LogP contribution in [0.5, 0.6) is 5.75 Å². The fraction of sp³-hybridized carbons (Fsp3) is 0.286. The van der Waals surface area contributed by atoms with Crippen molar-refractivity contribution >= 4 is 19.9 Å². The maximum atomic E-state index is 12.7. The van der Waals surface area contributed by atoms with E-state index in [1.54, 1.807) is 26.4 Å². The largest absolute Gasteiger partial charge is 0.493 e. The van der Waals surface area contributed by atoms with Gasteiger partial charge in [0.15, 0.2) is 9.84 Å². The summed E-state index contributed by atoms with van der Waals surface area (Å²) >= 11 is 0. The molecule has 8 nitrogen and oxygen atoms in total. The molecule has 0 aliphatic rings. The van der Waals surface area contributed by atoms with E-state index in [0.29, 0.717) is 5.75 Å². The van der Waals surface area contributed by atoms with E-state index in [-0.39, 0.29) is 23.0 Å². The number of nitrogens with one attached hydrogen (secondary N) is 1. The van der Waals surface area contributed by atoms with Crippen molar-refractivity contribution in [3.8, 4) is 11.4 Å². The first-order valence-corrected chi connectivity index (χ1v) is 13.0. The van der Waals surface area contributed by atoms with Crippen LogP contribution in [0, 0.1) is 0 Å². The van der Waals surface area contributed by atoms with Crippen molar-refractivity contribution in [2.45, 2.75) is 24.8 Å². The normalized spacial score (nSPS) is 13.1. The summed E-state index contributed by atoms with van der Waals surface area (Å²) in [5.74, 6) is 0.389. The first kappa shape index (κ1) is 23.0. The third-order valence-electron chi connectivity index (χ3n) is 4.76. The summed E-state index contributed by atoms with van der Waals surface area (Å²) < 4.78 is 58.4. The van der Waals surface area contributed by atoms with Gasteiger partial charge < -0.3 is 9.30 Å². The molecule has 1 aromatic heterocycles. The van der Waals surface area contributed by atoms with E-state index in [9.17, 15) is 16.8 Å². The highest BCUT2D eigenvalue weighted by molar-refractivity contribution is 7.91. The van der Waals surface area contributed by atoms with Crippen LogP contribution in [-0.4, -0.2) is 44.5 Å². The quantitative estimate of drug-likeness (QED) is 0.495. The number of benzene rings is 2. The van der Waals surface area contributed by atoms with Gasteiger partial charge in [0.1, 0.15) is 12.4 Å². The summed E-state index contributed by atoms with van der Waals surface area (Å²) in [7, 11) is -6.85. The molecule has 3 aromatic rings. The molecule has 1 unspecified atom stereocenters. The molecule has 0 saturated carbocycles. The van der Waals surface area contributed by atoms with Gasteiger partial charge in [0.2, 0.25) is 10.0 Å². The first-order valence-electron chi connectivity index (χ1n) is 9.74. The Balaban J connectivity index is 1.62. The standard InChI is InChI=1S/C21H25N3O5S2/c1-3-30(25,26)15-14-29-20-8-10-21(11-9-20)31(27,28)23-17(2)18-4-6-19(7-5-18)24-13-12-22-16-24/h4-13,16-17,23H,3,14-15H2,1-2H3. The van der Waals surface area contributed by atoms with Crippen LogP contribution in [0.2, 0.25) is 0 Å². The van der Waals surface area contributed by atoms with Crippen LogP contribution in [0.25, 0.3) is 5.69 Å². The molecule has 1 heterocycles. The maximum Gasteiger partial charge on any atom is 0.241 e. The number of sulfonamides is 1. The number of nitrogens with zero attached hydrogens (tertiary/aromatic N) is 2. The number of rotatable bonds is 10. The predicted molar refractivity (Wildman–Crippen MR) is 119 cm³/mol. The zero-order chi connectivity index (χ0) is 22.5. The van der Waals surface area contributed by atoms with Crippen molar-refractivity contribution in [1.82, 2.24) is 14.3 Å². The molecular weight excluding hydrogens is 438 g/mol. The molecule has 166 valence electrons. The Morgan fingerprint density at radius 3 is 2.29 bits per heavy atom. The zero-order valence-corrected chi connectivity index (χ0v) is 18.9. The molecule has 0 radical (unpaired) electrons. The Bertz CT molecular complexity index is 1190. The highest BCUT2D eigenvalue weighted by atomic mass is 32.2. The van der Waals surface area contributed by atoms with Gasteiger partial charge in [-0.25, -0.2) is 26.5 Å². The Labute approximate surface area is 182 Å². The van der Waals surface area contributed by atoms with Crippen molar-refractivity contribution in [2.24, 2.45) is 0 Å². The second kappa shape index (κ2) is 9.63. The molecule has 3 rings (SSSR count). The lowest BCUT2D eigenvalue weighted by Gasteiger charge is -2.16. The predicted octanol–water partition coefficient (Wildman–Crippen LogP) is 2.73. The number of sulfone groups is 1. The zero-order valence-electron chi connectivity index (χ0n) is 17.3. The third-order valence-corrected chi connectivity index (χ3v) is 7.99. The summed E-state index contributed by atoms with van der Waals surface area (Å²) in [5.41, 5.74) is 1.75. The van der Waals surface area contributed by atoms with E-state index >= 15 is 0 Å². The van der Waals surface area contributed by atoms with Crippen LogP contribution < -0.4 is 9.46 Å². The van der Waals surface area contributed by atoms with Crippen LogP contribution in [-0.2, 0) is 19.9 Å². The molecule has 0 aliphatic carbocycles. The monoisotopic (exact) mass is 463 g/mol. The van der Waals surface area contributed by atoms with Crippen molar-refractivity contribution in [3.63, 3.8) is 0 Å². The van der Waals surface area contributed by atoms with E-state index in [1.165, 1.54) is 24.3 Å². The number of imidazole rings is 1. The van der Waals surface area contributed by atoms with Gasteiger partial charge in [-0.05, 0) is 48.9 Å². The topological polar surface area (TPSA) is 107 Å². The molecular formula is C21H25N3O5S2. The van der Waals surface area contributed by atoms with E-state index < -0.39 is 25.9 Å². The Morgan fingerprint density at radius 1 is 1.03 bits per heavy atom. The van der Waals surface area contributed by atoms with Gasteiger partial charge in [0.05, 0.1) is 17.0 Å². The van der Waals surface area contributed by atoms with Gasteiger partial charge in [-0.3, -0.25) is 0 Å². The molecule has 0 fully saturated rings. The molecule has 0 saturated heterocycles. The number of hydrogen-bond donors (Lipinski definition) is 1. The SMILES string of the molecule is CCS(=O)(=O)CCOc1ccc(S(=O)(=O)NC(C)c2ccc(-n3ccnc3)cc2)cc1. The van der Waals surface area contributed by atoms with Crippen LogP contribution in [0.1, 0.15) is 25.5 Å². The minimum atomic E-state index is -3.74. The second-order valence-electron chi connectivity index (χ2n) is 6.96. The second-order valence-corrected chi connectivity index (χ2v) is 11.1. The highest BCUT2D eigenvalue weighted by Crippen LogP contribution is 2.21.